The highest BCUT2D eigenvalue weighted by Crippen LogP contribution is 2.29. The van der Waals surface area contributed by atoms with Gasteiger partial charge in [0, 0.05) is 31.2 Å². The minimum Gasteiger partial charge on any atom is -0.494 e. The predicted molar refractivity (Wildman–Crippen MR) is 115 cm³/mol. The van der Waals surface area contributed by atoms with E-state index in [1.807, 2.05) is 29.2 Å². The van der Waals surface area contributed by atoms with E-state index in [2.05, 4.69) is 30.6 Å². The number of hydrogen-bond acceptors (Lipinski definition) is 4. The summed E-state index contributed by atoms with van der Waals surface area (Å²) in [5, 5.41) is 0. The summed E-state index contributed by atoms with van der Waals surface area (Å²) in [5.41, 5.74) is 0.998. The van der Waals surface area contributed by atoms with Gasteiger partial charge in [0.15, 0.2) is 0 Å². The van der Waals surface area contributed by atoms with Crippen molar-refractivity contribution in [2.75, 3.05) is 44.2 Å². The van der Waals surface area contributed by atoms with E-state index in [1.54, 1.807) is 0 Å². The van der Waals surface area contributed by atoms with Crippen molar-refractivity contribution in [3.05, 3.63) is 24.3 Å². The summed E-state index contributed by atoms with van der Waals surface area (Å²) in [5.74, 6) is 1.13. The second kappa shape index (κ2) is 10.3. The molecule has 1 amide bonds. The topological polar surface area (TPSA) is 36.0 Å². The average Bonchev–Trinajstić information content (AvgIpc) is 3.29. The lowest BCUT2D eigenvalue weighted by Crippen LogP contribution is -2.42. The fourth-order valence-electron chi connectivity index (χ4n) is 4.54. The van der Waals surface area contributed by atoms with Crippen LogP contribution in [-0.4, -0.2) is 67.1 Å². The van der Waals surface area contributed by atoms with E-state index in [0.717, 1.165) is 63.1 Å². The van der Waals surface area contributed by atoms with E-state index >= 15 is 0 Å². The van der Waals surface area contributed by atoms with Crippen LogP contribution in [0, 0.1) is 0 Å². The van der Waals surface area contributed by atoms with Gasteiger partial charge in [0.1, 0.15) is 5.75 Å². The first-order valence-electron chi connectivity index (χ1n) is 11.1. The smallest absolute Gasteiger partial charge is 0.227 e. The van der Waals surface area contributed by atoms with Crippen molar-refractivity contribution >= 4 is 11.6 Å². The Morgan fingerprint density at radius 2 is 1.89 bits per heavy atom. The lowest BCUT2D eigenvalue weighted by atomic mass is 10.2. The molecule has 0 N–H and O–H groups in total. The second-order valence-electron chi connectivity index (χ2n) is 8.17. The van der Waals surface area contributed by atoms with Crippen LogP contribution in [0.5, 0.6) is 5.75 Å². The minimum atomic E-state index is 0.241. The van der Waals surface area contributed by atoms with Crippen molar-refractivity contribution in [2.45, 2.75) is 65.0 Å². The van der Waals surface area contributed by atoms with Gasteiger partial charge in [0.05, 0.1) is 12.6 Å². The fraction of sp³-hybridized carbons (Fsp3) is 0.696. The van der Waals surface area contributed by atoms with E-state index in [-0.39, 0.29) is 11.9 Å². The molecule has 3 rings (SSSR count). The molecule has 0 bridgehead atoms. The zero-order valence-corrected chi connectivity index (χ0v) is 17.9. The number of amides is 1. The van der Waals surface area contributed by atoms with Gasteiger partial charge in [0.2, 0.25) is 5.91 Å². The fourth-order valence-corrected chi connectivity index (χ4v) is 4.54. The molecule has 1 aromatic carbocycles. The van der Waals surface area contributed by atoms with E-state index in [9.17, 15) is 4.79 Å². The zero-order valence-electron chi connectivity index (χ0n) is 17.9. The first-order chi connectivity index (χ1) is 13.6. The Bertz CT molecular complexity index is 615. The molecule has 5 heteroatoms. The number of anilines is 1. The second-order valence-corrected chi connectivity index (χ2v) is 8.17. The molecule has 2 aliphatic heterocycles. The summed E-state index contributed by atoms with van der Waals surface area (Å²) >= 11 is 0. The molecule has 0 saturated carbocycles. The SMILES string of the molecule is CCN(CC)C[C@@H]1CCC(=O)N1c1ccc(OCCCN2CCCC2C)cc1. The maximum Gasteiger partial charge on any atom is 0.227 e. The summed E-state index contributed by atoms with van der Waals surface area (Å²) in [7, 11) is 0. The number of likely N-dealkylation sites (tertiary alicyclic amines) is 1. The lowest BCUT2D eigenvalue weighted by Gasteiger charge is -2.29. The summed E-state index contributed by atoms with van der Waals surface area (Å²) < 4.78 is 5.93. The Morgan fingerprint density at radius 3 is 2.54 bits per heavy atom. The minimum absolute atomic E-state index is 0.241. The summed E-state index contributed by atoms with van der Waals surface area (Å²) in [4.78, 5) is 19.4. The van der Waals surface area contributed by atoms with Crippen LogP contribution in [0.25, 0.3) is 0 Å². The number of nitrogens with zero attached hydrogens (tertiary/aromatic N) is 3. The van der Waals surface area contributed by atoms with Crippen LogP contribution in [0.15, 0.2) is 24.3 Å². The van der Waals surface area contributed by atoms with Gasteiger partial charge >= 0.3 is 0 Å². The third-order valence-electron chi connectivity index (χ3n) is 6.35. The quantitative estimate of drug-likeness (QED) is 0.573. The Balaban J connectivity index is 1.50. The molecule has 2 atom stereocenters. The molecule has 5 nitrogen and oxygen atoms in total. The molecule has 2 fully saturated rings. The number of carbonyl (C=O) groups is 1. The van der Waals surface area contributed by atoms with Gasteiger partial charge in [-0.25, -0.2) is 0 Å². The van der Waals surface area contributed by atoms with Crippen molar-refractivity contribution in [2.24, 2.45) is 0 Å². The number of ether oxygens (including phenoxy) is 1. The normalized spacial score (nSPS) is 23.1. The molecule has 0 radical (unpaired) electrons. The van der Waals surface area contributed by atoms with Gasteiger partial charge in [-0.3, -0.25) is 4.79 Å². The predicted octanol–water partition coefficient (Wildman–Crippen LogP) is 3.78. The van der Waals surface area contributed by atoms with E-state index in [0.29, 0.717) is 6.42 Å². The maximum absolute atomic E-state index is 12.5. The Labute approximate surface area is 170 Å². The van der Waals surface area contributed by atoms with Crippen molar-refractivity contribution in [3.63, 3.8) is 0 Å². The van der Waals surface area contributed by atoms with Gasteiger partial charge in [-0.1, -0.05) is 13.8 Å². The van der Waals surface area contributed by atoms with E-state index in [1.165, 1.54) is 19.4 Å². The Morgan fingerprint density at radius 1 is 1.14 bits per heavy atom. The van der Waals surface area contributed by atoms with Gasteiger partial charge in [-0.05, 0) is 76.5 Å². The number of rotatable bonds is 10. The molecule has 156 valence electrons. The maximum atomic E-state index is 12.5. The molecule has 0 aromatic heterocycles. The van der Waals surface area contributed by atoms with Crippen LogP contribution in [0.3, 0.4) is 0 Å². The molecule has 2 heterocycles. The van der Waals surface area contributed by atoms with Crippen molar-refractivity contribution < 1.29 is 9.53 Å². The number of benzene rings is 1. The van der Waals surface area contributed by atoms with Gasteiger partial charge < -0.3 is 19.4 Å². The summed E-state index contributed by atoms with van der Waals surface area (Å²) in [6.45, 7) is 12.8. The highest BCUT2D eigenvalue weighted by Gasteiger charge is 2.32. The lowest BCUT2D eigenvalue weighted by molar-refractivity contribution is -0.117. The largest absolute Gasteiger partial charge is 0.494 e. The third kappa shape index (κ3) is 5.26. The van der Waals surface area contributed by atoms with E-state index < -0.39 is 0 Å². The van der Waals surface area contributed by atoms with Crippen LogP contribution < -0.4 is 9.64 Å². The molecular weight excluding hydrogens is 350 g/mol. The van der Waals surface area contributed by atoms with Crippen LogP contribution in [0.1, 0.15) is 52.9 Å². The van der Waals surface area contributed by atoms with Crippen molar-refractivity contribution in [3.8, 4) is 5.75 Å². The van der Waals surface area contributed by atoms with Crippen LogP contribution in [-0.2, 0) is 4.79 Å². The number of carbonyl (C=O) groups excluding carboxylic acids is 1. The number of likely N-dealkylation sites (N-methyl/N-ethyl adjacent to an activating group) is 1. The van der Waals surface area contributed by atoms with Gasteiger partial charge in [-0.15, -0.1) is 0 Å². The standard InChI is InChI=1S/C23H37N3O2/c1-4-24(5-2)18-21-11-14-23(27)26(21)20-9-12-22(13-10-20)28-17-7-16-25-15-6-8-19(25)3/h9-10,12-13,19,21H,4-8,11,14-18H2,1-3H3/t19?,21-/m0/s1. The van der Waals surface area contributed by atoms with E-state index in [4.69, 9.17) is 4.74 Å². The molecule has 1 aromatic rings. The zero-order chi connectivity index (χ0) is 19.9. The molecule has 2 aliphatic rings. The highest BCUT2D eigenvalue weighted by atomic mass is 16.5. The highest BCUT2D eigenvalue weighted by molar-refractivity contribution is 5.96. The molecular formula is C23H37N3O2. The van der Waals surface area contributed by atoms with Gasteiger partial charge in [-0.2, -0.15) is 0 Å². The molecule has 0 spiro atoms. The first-order valence-corrected chi connectivity index (χ1v) is 11.1. The molecule has 1 unspecified atom stereocenters. The first kappa shape index (κ1) is 21.1. The summed E-state index contributed by atoms with van der Waals surface area (Å²) in [6, 6.07) is 9.09. The third-order valence-corrected chi connectivity index (χ3v) is 6.35. The Hall–Kier alpha value is -1.59. The van der Waals surface area contributed by atoms with Crippen molar-refractivity contribution in [1.82, 2.24) is 9.80 Å². The Kier molecular flexibility index (Phi) is 7.74. The van der Waals surface area contributed by atoms with Crippen LogP contribution >= 0.6 is 0 Å². The number of hydrogen-bond donors (Lipinski definition) is 0. The summed E-state index contributed by atoms with van der Waals surface area (Å²) in [6.07, 6.45) is 5.31. The molecule has 0 aliphatic carbocycles. The monoisotopic (exact) mass is 387 g/mol. The molecule has 2 saturated heterocycles. The van der Waals surface area contributed by atoms with Crippen LogP contribution in [0.4, 0.5) is 5.69 Å². The van der Waals surface area contributed by atoms with Crippen molar-refractivity contribution in [1.29, 1.82) is 0 Å². The molecule has 28 heavy (non-hydrogen) atoms. The van der Waals surface area contributed by atoms with Gasteiger partial charge in [0.25, 0.3) is 0 Å². The van der Waals surface area contributed by atoms with Crippen LogP contribution in [0.2, 0.25) is 0 Å². The average molecular weight is 388 g/mol.